The van der Waals surface area contributed by atoms with E-state index >= 15 is 0 Å². The molecule has 0 saturated heterocycles. The van der Waals surface area contributed by atoms with Crippen LogP contribution in [-0.4, -0.2) is 44.3 Å². The smallest absolute Gasteiger partial charge is 0.318 e. The number of benzene rings is 2. The van der Waals surface area contributed by atoms with Crippen molar-refractivity contribution in [2.24, 2.45) is 0 Å². The number of rotatable bonds is 6. The molecule has 0 saturated carbocycles. The molecule has 6 nitrogen and oxygen atoms in total. The van der Waals surface area contributed by atoms with Crippen molar-refractivity contribution >= 4 is 6.03 Å². The molecule has 0 spiro atoms. The maximum atomic E-state index is 12.7. The van der Waals surface area contributed by atoms with Gasteiger partial charge in [-0.05, 0) is 61.2 Å². The number of methoxy groups -OCH3 is 2. The van der Waals surface area contributed by atoms with Crippen LogP contribution in [0.1, 0.15) is 23.6 Å². The van der Waals surface area contributed by atoms with Gasteiger partial charge in [0.1, 0.15) is 12.4 Å². The minimum Gasteiger partial charge on any atom is -0.493 e. The molecule has 1 heterocycles. The summed E-state index contributed by atoms with van der Waals surface area (Å²) in [6, 6.07) is 11.7. The minimum atomic E-state index is -0.0974. The van der Waals surface area contributed by atoms with Gasteiger partial charge in [-0.2, -0.15) is 0 Å². The first-order chi connectivity index (χ1) is 13.5. The molecular formula is C22H28N2O4. The molecule has 1 atom stereocenters. The lowest BCUT2D eigenvalue weighted by molar-refractivity contribution is 0.182. The number of carbonyl (C=O) groups excluding carboxylic acids is 1. The second-order valence-corrected chi connectivity index (χ2v) is 7.13. The molecule has 2 aromatic rings. The van der Waals surface area contributed by atoms with E-state index in [4.69, 9.17) is 14.2 Å². The Kier molecular flexibility index (Phi) is 6.29. The number of nitrogens with zero attached hydrogens (tertiary/aromatic N) is 1. The number of nitrogens with one attached hydrogen (secondary N) is 1. The third-order valence-electron chi connectivity index (χ3n) is 4.86. The lowest BCUT2D eigenvalue weighted by Crippen LogP contribution is -2.47. The first kappa shape index (κ1) is 19.9. The van der Waals surface area contributed by atoms with E-state index in [9.17, 15) is 4.79 Å². The molecule has 2 aromatic carbocycles. The van der Waals surface area contributed by atoms with Crippen molar-refractivity contribution in [3.63, 3.8) is 0 Å². The molecule has 2 amide bonds. The molecule has 1 unspecified atom stereocenters. The van der Waals surface area contributed by atoms with Crippen molar-refractivity contribution in [3.05, 3.63) is 53.1 Å². The van der Waals surface area contributed by atoms with Gasteiger partial charge in [0.05, 0.1) is 20.3 Å². The van der Waals surface area contributed by atoms with Gasteiger partial charge in [-0.15, -0.1) is 0 Å². The van der Waals surface area contributed by atoms with Crippen LogP contribution in [0.15, 0.2) is 36.4 Å². The second kappa shape index (κ2) is 8.87. The van der Waals surface area contributed by atoms with Crippen molar-refractivity contribution < 1.29 is 19.0 Å². The average Bonchev–Trinajstić information content (AvgIpc) is 2.70. The van der Waals surface area contributed by atoms with E-state index in [0.29, 0.717) is 25.4 Å². The molecule has 1 aliphatic rings. The van der Waals surface area contributed by atoms with Gasteiger partial charge in [0.15, 0.2) is 11.5 Å². The third-order valence-corrected chi connectivity index (χ3v) is 4.86. The van der Waals surface area contributed by atoms with E-state index in [1.54, 1.807) is 14.2 Å². The topological polar surface area (TPSA) is 60.0 Å². The number of aryl methyl sites for hydroxylation is 1. The zero-order valence-electron chi connectivity index (χ0n) is 17.0. The average molecular weight is 384 g/mol. The van der Waals surface area contributed by atoms with Gasteiger partial charge in [0.25, 0.3) is 0 Å². The maximum absolute atomic E-state index is 12.7. The van der Waals surface area contributed by atoms with Gasteiger partial charge in [0, 0.05) is 13.1 Å². The Bertz CT molecular complexity index is 837. The van der Waals surface area contributed by atoms with Crippen LogP contribution in [0.25, 0.3) is 0 Å². The largest absolute Gasteiger partial charge is 0.493 e. The molecule has 3 rings (SSSR count). The van der Waals surface area contributed by atoms with Gasteiger partial charge < -0.3 is 24.4 Å². The summed E-state index contributed by atoms with van der Waals surface area (Å²) < 4.78 is 16.5. The first-order valence-corrected chi connectivity index (χ1v) is 9.49. The van der Waals surface area contributed by atoms with Crippen molar-refractivity contribution in [2.45, 2.75) is 32.9 Å². The fourth-order valence-electron chi connectivity index (χ4n) is 3.33. The van der Waals surface area contributed by atoms with Crippen molar-refractivity contribution in [2.75, 3.05) is 27.4 Å². The second-order valence-electron chi connectivity index (χ2n) is 7.13. The quantitative estimate of drug-likeness (QED) is 0.828. The number of fused-ring (bicyclic) bond motifs is 1. The summed E-state index contributed by atoms with van der Waals surface area (Å²) in [6.45, 7) is 5.60. The van der Waals surface area contributed by atoms with Crippen LogP contribution in [0.2, 0.25) is 0 Å². The van der Waals surface area contributed by atoms with Crippen LogP contribution in [-0.2, 0) is 13.0 Å². The summed E-state index contributed by atoms with van der Waals surface area (Å²) in [6.07, 6.45) is 0.789. The van der Waals surface area contributed by atoms with E-state index in [-0.39, 0.29) is 12.1 Å². The summed E-state index contributed by atoms with van der Waals surface area (Å²) in [5.41, 5.74) is 3.42. The molecule has 0 fully saturated rings. The number of hydrogen-bond acceptors (Lipinski definition) is 4. The molecule has 28 heavy (non-hydrogen) atoms. The highest BCUT2D eigenvalue weighted by molar-refractivity contribution is 5.75. The SMILES string of the molecule is COc1cc2c(cc1OC)CN(C(=O)NC(C)COc1cccc(C)c1)CC2. The van der Waals surface area contributed by atoms with E-state index in [1.165, 1.54) is 5.56 Å². The highest BCUT2D eigenvalue weighted by Crippen LogP contribution is 2.33. The Labute approximate surface area is 166 Å². The number of urea groups is 1. The maximum Gasteiger partial charge on any atom is 0.318 e. The minimum absolute atomic E-state index is 0.0826. The van der Waals surface area contributed by atoms with E-state index in [1.807, 2.05) is 55.1 Å². The normalized spacial score (nSPS) is 14.1. The number of amides is 2. The van der Waals surface area contributed by atoms with Gasteiger partial charge in [-0.1, -0.05) is 12.1 Å². The zero-order valence-corrected chi connectivity index (χ0v) is 17.0. The predicted molar refractivity (Wildman–Crippen MR) is 108 cm³/mol. The summed E-state index contributed by atoms with van der Waals surface area (Å²) in [5, 5.41) is 3.02. The zero-order chi connectivity index (χ0) is 20.1. The standard InChI is InChI=1S/C22H28N2O4/c1-15-6-5-7-19(10-15)28-14-16(2)23-22(25)24-9-8-17-11-20(26-3)21(27-4)12-18(17)13-24/h5-7,10-12,16H,8-9,13-14H2,1-4H3,(H,23,25). The third kappa shape index (κ3) is 4.68. The van der Waals surface area contributed by atoms with E-state index in [2.05, 4.69) is 5.32 Å². The molecule has 0 bridgehead atoms. The number of carbonyl (C=O) groups is 1. The Morgan fingerprint density at radius 1 is 1.14 bits per heavy atom. The van der Waals surface area contributed by atoms with Gasteiger partial charge in [-0.3, -0.25) is 0 Å². The molecule has 1 aliphatic heterocycles. The van der Waals surface area contributed by atoms with Crippen LogP contribution in [0.4, 0.5) is 4.79 Å². The molecule has 0 radical (unpaired) electrons. The Balaban J connectivity index is 1.56. The Morgan fingerprint density at radius 3 is 2.54 bits per heavy atom. The summed E-state index contributed by atoms with van der Waals surface area (Å²) in [5.74, 6) is 2.22. The van der Waals surface area contributed by atoms with Crippen LogP contribution >= 0.6 is 0 Å². The van der Waals surface area contributed by atoms with Crippen molar-refractivity contribution in [3.8, 4) is 17.2 Å². The molecule has 6 heteroatoms. The lowest BCUT2D eigenvalue weighted by Gasteiger charge is -2.30. The molecule has 0 aromatic heterocycles. The van der Waals surface area contributed by atoms with Gasteiger partial charge >= 0.3 is 6.03 Å². The predicted octanol–water partition coefficient (Wildman–Crippen LogP) is 3.55. The molecular weight excluding hydrogens is 356 g/mol. The molecule has 150 valence electrons. The lowest BCUT2D eigenvalue weighted by atomic mass is 9.99. The Hall–Kier alpha value is -2.89. The highest BCUT2D eigenvalue weighted by atomic mass is 16.5. The Morgan fingerprint density at radius 2 is 1.86 bits per heavy atom. The summed E-state index contributed by atoms with van der Waals surface area (Å²) in [7, 11) is 3.25. The molecule has 0 aliphatic carbocycles. The van der Waals surface area contributed by atoms with Gasteiger partial charge in [0.2, 0.25) is 0 Å². The van der Waals surface area contributed by atoms with Gasteiger partial charge in [-0.25, -0.2) is 4.79 Å². The van der Waals surface area contributed by atoms with E-state index in [0.717, 1.165) is 29.0 Å². The summed E-state index contributed by atoms with van der Waals surface area (Å²) >= 11 is 0. The number of ether oxygens (including phenoxy) is 3. The fraction of sp³-hybridized carbons (Fsp3) is 0.409. The van der Waals surface area contributed by atoms with Crippen LogP contribution in [0.3, 0.4) is 0 Å². The van der Waals surface area contributed by atoms with E-state index < -0.39 is 0 Å². The monoisotopic (exact) mass is 384 g/mol. The number of hydrogen-bond donors (Lipinski definition) is 1. The first-order valence-electron chi connectivity index (χ1n) is 9.49. The van der Waals surface area contributed by atoms with Crippen molar-refractivity contribution in [1.82, 2.24) is 10.2 Å². The fourth-order valence-corrected chi connectivity index (χ4v) is 3.33. The van der Waals surface area contributed by atoms with Crippen molar-refractivity contribution in [1.29, 1.82) is 0 Å². The highest BCUT2D eigenvalue weighted by Gasteiger charge is 2.23. The molecule has 1 N–H and O–H groups in total. The van der Waals surface area contributed by atoms with Crippen LogP contribution in [0.5, 0.6) is 17.2 Å². The van der Waals surface area contributed by atoms with Crippen LogP contribution < -0.4 is 19.5 Å². The van der Waals surface area contributed by atoms with Crippen LogP contribution in [0, 0.1) is 6.92 Å². The summed E-state index contributed by atoms with van der Waals surface area (Å²) in [4.78, 5) is 14.5.